The van der Waals surface area contributed by atoms with Gasteiger partial charge in [0.05, 0.1) is 0 Å². The van der Waals surface area contributed by atoms with Crippen LogP contribution in [0.2, 0.25) is 0 Å². The summed E-state index contributed by atoms with van der Waals surface area (Å²) >= 11 is 0. The minimum absolute atomic E-state index is 0.344. The quantitative estimate of drug-likeness (QED) is 0.781. The van der Waals surface area contributed by atoms with E-state index in [1.165, 1.54) is 6.42 Å². The van der Waals surface area contributed by atoms with E-state index in [9.17, 15) is 4.79 Å². The normalized spacial score (nSPS) is 32.4. The second-order valence-corrected chi connectivity index (χ2v) is 5.81. The molecule has 0 spiro atoms. The van der Waals surface area contributed by atoms with Crippen molar-refractivity contribution < 1.29 is 4.79 Å². The Hall–Kier alpha value is -0.370. The average Bonchev–Trinajstić information content (AvgIpc) is 2.29. The molecule has 0 radical (unpaired) electrons. The fourth-order valence-electron chi connectivity index (χ4n) is 2.55. The summed E-state index contributed by atoms with van der Waals surface area (Å²) in [7, 11) is 0. The largest absolute Gasteiger partial charge is 0.330 e. The second kappa shape index (κ2) is 6.39. The van der Waals surface area contributed by atoms with Gasteiger partial charge in [-0.1, -0.05) is 20.8 Å². The van der Waals surface area contributed by atoms with Gasteiger partial charge in [-0.2, -0.15) is 0 Å². The van der Waals surface area contributed by atoms with E-state index in [0.29, 0.717) is 24.2 Å². The monoisotopic (exact) mass is 225 g/mol. The number of nitrogens with two attached hydrogens (primary N) is 1. The van der Waals surface area contributed by atoms with Gasteiger partial charge in [-0.15, -0.1) is 0 Å². The van der Waals surface area contributed by atoms with Crippen LogP contribution in [-0.2, 0) is 4.79 Å². The molecule has 1 aliphatic rings. The topological polar surface area (TPSA) is 43.1 Å². The van der Waals surface area contributed by atoms with Gasteiger partial charge in [0.25, 0.3) is 0 Å². The van der Waals surface area contributed by atoms with Gasteiger partial charge >= 0.3 is 0 Å². The van der Waals surface area contributed by atoms with Crippen molar-refractivity contribution in [1.82, 2.24) is 0 Å². The third-order valence-electron chi connectivity index (χ3n) is 4.34. The molecule has 0 aliphatic heterocycles. The van der Waals surface area contributed by atoms with Crippen molar-refractivity contribution >= 4 is 5.78 Å². The summed E-state index contributed by atoms with van der Waals surface area (Å²) in [6, 6.07) is 0. The van der Waals surface area contributed by atoms with Crippen LogP contribution in [0, 0.1) is 23.7 Å². The summed E-state index contributed by atoms with van der Waals surface area (Å²) in [4.78, 5) is 12.0. The zero-order valence-electron chi connectivity index (χ0n) is 11.0. The van der Waals surface area contributed by atoms with E-state index < -0.39 is 0 Å². The molecule has 0 heterocycles. The lowest BCUT2D eigenvalue weighted by atomic mass is 9.73. The third-order valence-corrected chi connectivity index (χ3v) is 4.34. The Bertz CT molecular complexity index is 227. The molecule has 0 bridgehead atoms. The van der Waals surface area contributed by atoms with Gasteiger partial charge in [-0.25, -0.2) is 0 Å². The highest BCUT2D eigenvalue weighted by atomic mass is 16.1. The molecule has 1 rings (SSSR count). The third kappa shape index (κ3) is 3.89. The maximum absolute atomic E-state index is 12.0. The van der Waals surface area contributed by atoms with Crippen molar-refractivity contribution in [3.05, 3.63) is 0 Å². The standard InChI is InChI=1S/C14H27NO/c1-10(9-15)4-7-14(16)13-6-5-11(2)12(3)8-13/h10-13H,4-9,15H2,1-3H3. The van der Waals surface area contributed by atoms with Crippen LogP contribution in [0.1, 0.15) is 52.9 Å². The number of Topliss-reactive ketones (excluding diaryl/α,β-unsaturated/α-hetero) is 1. The zero-order chi connectivity index (χ0) is 12.1. The Labute approximate surface area is 100.0 Å². The van der Waals surface area contributed by atoms with Gasteiger partial charge in [0.2, 0.25) is 0 Å². The van der Waals surface area contributed by atoms with Crippen LogP contribution in [0.5, 0.6) is 0 Å². The van der Waals surface area contributed by atoms with Gasteiger partial charge in [0.1, 0.15) is 5.78 Å². The van der Waals surface area contributed by atoms with Gasteiger partial charge in [0.15, 0.2) is 0 Å². The Balaban J connectivity index is 2.32. The molecule has 2 nitrogen and oxygen atoms in total. The molecule has 94 valence electrons. The van der Waals surface area contributed by atoms with Crippen LogP contribution in [-0.4, -0.2) is 12.3 Å². The molecule has 2 N–H and O–H groups in total. The Morgan fingerprint density at radius 3 is 2.56 bits per heavy atom. The summed E-state index contributed by atoms with van der Waals surface area (Å²) < 4.78 is 0. The predicted octanol–water partition coefficient (Wildman–Crippen LogP) is 3.00. The SMILES string of the molecule is CC(CN)CCC(=O)C1CCC(C)C(C)C1. The number of hydrogen-bond donors (Lipinski definition) is 1. The molecule has 1 aliphatic carbocycles. The van der Waals surface area contributed by atoms with E-state index in [1.54, 1.807) is 0 Å². The van der Waals surface area contributed by atoms with Gasteiger partial charge in [-0.3, -0.25) is 4.79 Å². The first-order valence-electron chi connectivity index (χ1n) is 6.77. The number of carbonyl (C=O) groups is 1. The lowest BCUT2D eigenvalue weighted by Crippen LogP contribution is -2.26. The molecule has 0 aromatic heterocycles. The first-order valence-corrected chi connectivity index (χ1v) is 6.77. The van der Waals surface area contributed by atoms with Crippen LogP contribution in [0.4, 0.5) is 0 Å². The minimum atomic E-state index is 0.344. The van der Waals surface area contributed by atoms with E-state index >= 15 is 0 Å². The van der Waals surface area contributed by atoms with Crippen LogP contribution in [0.15, 0.2) is 0 Å². The van der Waals surface area contributed by atoms with E-state index in [-0.39, 0.29) is 0 Å². The molecule has 4 unspecified atom stereocenters. The van der Waals surface area contributed by atoms with Crippen LogP contribution < -0.4 is 5.73 Å². The van der Waals surface area contributed by atoms with Crippen LogP contribution in [0.3, 0.4) is 0 Å². The maximum atomic E-state index is 12.0. The van der Waals surface area contributed by atoms with Crippen molar-refractivity contribution in [2.75, 3.05) is 6.54 Å². The molecule has 2 heteroatoms. The molecular formula is C14H27NO. The number of carbonyl (C=O) groups excluding carboxylic acids is 1. The Morgan fingerprint density at radius 1 is 1.31 bits per heavy atom. The molecule has 0 aromatic rings. The molecule has 0 saturated heterocycles. The molecule has 4 atom stereocenters. The zero-order valence-corrected chi connectivity index (χ0v) is 11.0. The molecule has 1 fully saturated rings. The Morgan fingerprint density at radius 2 is 2.00 bits per heavy atom. The smallest absolute Gasteiger partial charge is 0.135 e. The minimum Gasteiger partial charge on any atom is -0.330 e. The van der Waals surface area contributed by atoms with Crippen LogP contribution in [0.25, 0.3) is 0 Å². The number of hydrogen-bond acceptors (Lipinski definition) is 2. The van der Waals surface area contributed by atoms with E-state index in [4.69, 9.17) is 5.73 Å². The number of rotatable bonds is 5. The summed E-state index contributed by atoms with van der Waals surface area (Å²) in [5.41, 5.74) is 5.57. The van der Waals surface area contributed by atoms with Gasteiger partial charge in [-0.05, 0) is 50.0 Å². The van der Waals surface area contributed by atoms with Gasteiger partial charge < -0.3 is 5.73 Å². The average molecular weight is 225 g/mol. The fourth-order valence-corrected chi connectivity index (χ4v) is 2.55. The van der Waals surface area contributed by atoms with Crippen LogP contribution >= 0.6 is 0 Å². The summed E-state index contributed by atoms with van der Waals surface area (Å²) in [6.45, 7) is 7.42. The fraction of sp³-hybridized carbons (Fsp3) is 0.929. The first-order chi connectivity index (χ1) is 7.54. The molecule has 0 aromatic carbocycles. The highest BCUT2D eigenvalue weighted by Gasteiger charge is 2.28. The maximum Gasteiger partial charge on any atom is 0.135 e. The molecule has 16 heavy (non-hydrogen) atoms. The molecular weight excluding hydrogens is 198 g/mol. The van der Waals surface area contributed by atoms with E-state index in [1.807, 2.05) is 0 Å². The lowest BCUT2D eigenvalue weighted by molar-refractivity contribution is -0.124. The Kier molecular flexibility index (Phi) is 5.47. The van der Waals surface area contributed by atoms with Gasteiger partial charge in [0, 0.05) is 12.3 Å². The van der Waals surface area contributed by atoms with E-state index in [2.05, 4.69) is 20.8 Å². The highest BCUT2D eigenvalue weighted by molar-refractivity contribution is 5.81. The molecule has 0 amide bonds. The number of ketones is 1. The predicted molar refractivity (Wildman–Crippen MR) is 68.1 cm³/mol. The lowest BCUT2D eigenvalue weighted by Gasteiger charge is -2.31. The summed E-state index contributed by atoms with van der Waals surface area (Å²) in [5.74, 6) is 2.83. The van der Waals surface area contributed by atoms with Crippen molar-refractivity contribution in [1.29, 1.82) is 0 Å². The highest BCUT2D eigenvalue weighted by Crippen LogP contribution is 2.34. The van der Waals surface area contributed by atoms with Crippen molar-refractivity contribution in [3.63, 3.8) is 0 Å². The summed E-state index contributed by atoms with van der Waals surface area (Å²) in [6.07, 6.45) is 5.16. The van der Waals surface area contributed by atoms with Crippen molar-refractivity contribution in [2.45, 2.75) is 52.9 Å². The van der Waals surface area contributed by atoms with Crippen molar-refractivity contribution in [2.24, 2.45) is 29.4 Å². The second-order valence-electron chi connectivity index (χ2n) is 5.81. The molecule has 1 saturated carbocycles. The van der Waals surface area contributed by atoms with E-state index in [0.717, 1.165) is 37.5 Å². The van der Waals surface area contributed by atoms with Crippen molar-refractivity contribution in [3.8, 4) is 0 Å². The first kappa shape index (κ1) is 13.7. The summed E-state index contributed by atoms with van der Waals surface area (Å²) in [5, 5.41) is 0.